The van der Waals surface area contributed by atoms with Gasteiger partial charge in [0.1, 0.15) is 0 Å². The third-order valence-corrected chi connectivity index (χ3v) is 3.59. The molecule has 1 aromatic rings. The molecule has 0 aliphatic carbocycles. The van der Waals surface area contributed by atoms with Crippen molar-refractivity contribution in [1.82, 2.24) is 0 Å². The number of benzene rings is 1. The van der Waals surface area contributed by atoms with Crippen molar-refractivity contribution in [2.45, 2.75) is 57.9 Å². The van der Waals surface area contributed by atoms with Gasteiger partial charge >= 0.3 is 0 Å². The molecule has 1 aromatic carbocycles. The Balaban J connectivity index is 2.39. The highest BCUT2D eigenvalue weighted by atomic mass is 16.6. The van der Waals surface area contributed by atoms with Gasteiger partial charge in [0.2, 0.25) is 0 Å². The van der Waals surface area contributed by atoms with Gasteiger partial charge in [-0.05, 0) is 24.5 Å². The van der Waals surface area contributed by atoms with Crippen LogP contribution in [0.15, 0.2) is 36.9 Å². The fraction of sp³-hybridized carbons (Fsp3) is 0.529. The van der Waals surface area contributed by atoms with Crippen LogP contribution in [0.25, 0.3) is 0 Å². The Labute approximate surface area is 121 Å². The van der Waals surface area contributed by atoms with Crippen molar-refractivity contribution >= 4 is 0 Å². The molecule has 0 aromatic heterocycles. The van der Waals surface area contributed by atoms with Gasteiger partial charge in [-0.15, -0.1) is 0 Å². The maximum Gasteiger partial charge on any atom is 0.256 e. The van der Waals surface area contributed by atoms with E-state index in [2.05, 4.69) is 13.5 Å². The number of rotatable bonds is 10. The Morgan fingerprint density at radius 1 is 1.15 bits per heavy atom. The number of aryl methyl sites for hydroxylation is 1. The summed E-state index contributed by atoms with van der Waals surface area (Å²) in [6.45, 7) is 5.75. The monoisotopic (exact) mass is 275 g/mol. The Bertz CT molecular complexity index is 412. The van der Waals surface area contributed by atoms with E-state index in [0.717, 1.165) is 6.42 Å². The summed E-state index contributed by atoms with van der Waals surface area (Å²) in [5.74, 6) is 0. The molecule has 0 N–H and O–H groups in total. The molecule has 0 aliphatic heterocycles. The van der Waals surface area contributed by atoms with Crippen LogP contribution in [0.3, 0.4) is 0 Å². The van der Waals surface area contributed by atoms with Crippen molar-refractivity contribution in [3.05, 3.63) is 58.2 Å². The quantitative estimate of drug-likeness (QED) is 0.258. The molecule has 20 heavy (non-hydrogen) atoms. The molecule has 0 amide bonds. The second-order valence-corrected chi connectivity index (χ2v) is 5.23. The van der Waals surface area contributed by atoms with E-state index in [0.29, 0.717) is 5.56 Å². The van der Waals surface area contributed by atoms with Crippen LogP contribution >= 0.6 is 0 Å². The fourth-order valence-corrected chi connectivity index (χ4v) is 2.33. The van der Waals surface area contributed by atoms with E-state index in [1.54, 1.807) is 0 Å². The first kappa shape index (κ1) is 16.4. The second-order valence-electron chi connectivity index (χ2n) is 5.23. The highest BCUT2D eigenvalue weighted by Crippen LogP contribution is 2.19. The van der Waals surface area contributed by atoms with Crippen LogP contribution in [0.2, 0.25) is 0 Å². The summed E-state index contributed by atoms with van der Waals surface area (Å²) in [6, 6.07) is 6.91. The van der Waals surface area contributed by atoms with Gasteiger partial charge in [0.25, 0.3) is 6.04 Å². The normalized spacial score (nSPS) is 12.1. The first-order valence-corrected chi connectivity index (χ1v) is 7.54. The number of unbranched alkanes of at least 4 members (excludes halogenated alkanes) is 5. The summed E-state index contributed by atoms with van der Waals surface area (Å²) in [5.41, 5.74) is 1.96. The van der Waals surface area contributed by atoms with Crippen LogP contribution in [0.4, 0.5) is 0 Å². The molecule has 0 fully saturated rings. The largest absolute Gasteiger partial charge is 0.264 e. The Kier molecular flexibility index (Phi) is 7.63. The topological polar surface area (TPSA) is 43.1 Å². The first-order valence-electron chi connectivity index (χ1n) is 7.54. The molecule has 3 nitrogen and oxygen atoms in total. The molecule has 0 aliphatic rings. The zero-order chi connectivity index (χ0) is 14.8. The minimum Gasteiger partial charge on any atom is -0.264 e. The van der Waals surface area contributed by atoms with Crippen molar-refractivity contribution in [2.75, 3.05) is 0 Å². The van der Waals surface area contributed by atoms with Crippen LogP contribution in [0, 0.1) is 10.1 Å². The van der Waals surface area contributed by atoms with Gasteiger partial charge in [-0.2, -0.15) is 0 Å². The van der Waals surface area contributed by atoms with E-state index in [9.17, 15) is 10.1 Å². The lowest BCUT2D eigenvalue weighted by atomic mass is 10.0. The van der Waals surface area contributed by atoms with E-state index in [1.165, 1.54) is 50.2 Å². The van der Waals surface area contributed by atoms with E-state index < -0.39 is 6.04 Å². The van der Waals surface area contributed by atoms with Crippen LogP contribution < -0.4 is 0 Å². The van der Waals surface area contributed by atoms with Gasteiger partial charge in [-0.25, -0.2) is 0 Å². The number of hydrogen-bond donors (Lipinski definition) is 0. The summed E-state index contributed by atoms with van der Waals surface area (Å²) in [5, 5.41) is 10.8. The van der Waals surface area contributed by atoms with Gasteiger partial charge in [0, 0.05) is 10.5 Å². The van der Waals surface area contributed by atoms with Crippen LogP contribution in [0.1, 0.15) is 62.6 Å². The summed E-state index contributed by atoms with van der Waals surface area (Å²) >= 11 is 0. The number of hydrogen-bond acceptors (Lipinski definition) is 2. The van der Waals surface area contributed by atoms with E-state index >= 15 is 0 Å². The molecule has 1 rings (SSSR count). The molecule has 0 bridgehead atoms. The van der Waals surface area contributed by atoms with Gasteiger partial charge in [-0.3, -0.25) is 10.1 Å². The lowest BCUT2D eigenvalue weighted by Gasteiger charge is -2.06. The van der Waals surface area contributed by atoms with Crippen molar-refractivity contribution < 1.29 is 4.92 Å². The van der Waals surface area contributed by atoms with Gasteiger partial charge < -0.3 is 0 Å². The van der Waals surface area contributed by atoms with Gasteiger partial charge in [-0.1, -0.05) is 69.9 Å². The predicted molar refractivity (Wildman–Crippen MR) is 83.5 cm³/mol. The van der Waals surface area contributed by atoms with Crippen molar-refractivity contribution in [1.29, 1.82) is 0 Å². The molecule has 1 atom stereocenters. The van der Waals surface area contributed by atoms with Gasteiger partial charge in [0.05, 0.1) is 0 Å². The SMILES string of the molecule is C=CC(c1ccc(CCCCCCCC)cc1)[N+](=O)[O-]. The molecule has 0 heterocycles. The zero-order valence-corrected chi connectivity index (χ0v) is 12.4. The third-order valence-electron chi connectivity index (χ3n) is 3.59. The average Bonchev–Trinajstić information content (AvgIpc) is 2.44. The van der Waals surface area contributed by atoms with E-state index in [-0.39, 0.29) is 4.92 Å². The zero-order valence-electron chi connectivity index (χ0n) is 12.4. The number of nitrogens with zero attached hydrogens (tertiary/aromatic N) is 1. The molecule has 0 radical (unpaired) electrons. The Morgan fingerprint density at radius 3 is 2.30 bits per heavy atom. The maximum atomic E-state index is 10.8. The molecular formula is C17H25NO2. The van der Waals surface area contributed by atoms with Crippen LogP contribution in [0.5, 0.6) is 0 Å². The highest BCUT2D eigenvalue weighted by molar-refractivity contribution is 5.26. The summed E-state index contributed by atoms with van der Waals surface area (Å²) in [4.78, 5) is 10.5. The van der Waals surface area contributed by atoms with Crippen molar-refractivity contribution in [3.63, 3.8) is 0 Å². The average molecular weight is 275 g/mol. The lowest BCUT2D eigenvalue weighted by Crippen LogP contribution is -2.07. The summed E-state index contributed by atoms with van der Waals surface area (Å²) in [6.07, 6.45) is 10.2. The number of nitro groups is 1. The third kappa shape index (κ3) is 5.55. The molecule has 110 valence electrons. The standard InChI is InChI=1S/C17H25NO2/c1-3-5-6-7-8-9-10-15-11-13-16(14-12-15)17(4-2)18(19)20/h4,11-14,17H,2-3,5-10H2,1H3. The molecule has 0 saturated carbocycles. The molecular weight excluding hydrogens is 250 g/mol. The van der Waals surface area contributed by atoms with Crippen molar-refractivity contribution in [3.8, 4) is 0 Å². The van der Waals surface area contributed by atoms with Crippen molar-refractivity contribution in [2.24, 2.45) is 0 Å². The van der Waals surface area contributed by atoms with E-state index in [4.69, 9.17) is 0 Å². The van der Waals surface area contributed by atoms with Crippen LogP contribution in [-0.4, -0.2) is 4.92 Å². The second kappa shape index (κ2) is 9.29. The molecule has 0 spiro atoms. The summed E-state index contributed by atoms with van der Waals surface area (Å²) in [7, 11) is 0. The smallest absolute Gasteiger partial charge is 0.256 e. The molecule has 3 heteroatoms. The lowest BCUT2D eigenvalue weighted by molar-refractivity contribution is -0.515. The Hall–Kier alpha value is -1.64. The summed E-state index contributed by atoms with van der Waals surface area (Å²) < 4.78 is 0. The molecule has 1 unspecified atom stereocenters. The van der Waals surface area contributed by atoms with Gasteiger partial charge in [0.15, 0.2) is 0 Å². The fourth-order valence-electron chi connectivity index (χ4n) is 2.33. The predicted octanol–water partition coefficient (Wildman–Crippen LogP) is 5.09. The Morgan fingerprint density at radius 2 is 1.75 bits per heavy atom. The van der Waals surface area contributed by atoms with Crippen LogP contribution in [-0.2, 0) is 6.42 Å². The highest BCUT2D eigenvalue weighted by Gasteiger charge is 2.17. The first-order chi connectivity index (χ1) is 9.69. The van der Waals surface area contributed by atoms with E-state index in [1.807, 2.05) is 24.3 Å². The minimum atomic E-state index is -0.793. The maximum absolute atomic E-state index is 10.8. The minimum absolute atomic E-state index is 0.310. The molecule has 0 saturated heterocycles.